The lowest BCUT2D eigenvalue weighted by atomic mass is 9.94. The van der Waals surface area contributed by atoms with Crippen LogP contribution in [0.1, 0.15) is 12.5 Å². The fourth-order valence-corrected chi connectivity index (χ4v) is 3.41. The Morgan fingerprint density at radius 3 is 2.62 bits per heavy atom. The predicted octanol–water partition coefficient (Wildman–Crippen LogP) is 4.33. The van der Waals surface area contributed by atoms with Crippen LogP contribution in [0.4, 0.5) is 0 Å². The Bertz CT molecular complexity index is 1080. The summed E-state index contributed by atoms with van der Waals surface area (Å²) in [5.41, 5.74) is 5.00. The van der Waals surface area contributed by atoms with Crippen LogP contribution in [0.15, 0.2) is 54.9 Å². The van der Waals surface area contributed by atoms with Crippen LogP contribution in [0.3, 0.4) is 0 Å². The minimum absolute atomic E-state index is 0.139. The second-order valence-corrected chi connectivity index (χ2v) is 6.29. The molecule has 4 rings (SSSR count). The summed E-state index contributed by atoms with van der Waals surface area (Å²) in [4.78, 5) is 8.92. The van der Waals surface area contributed by atoms with Crippen molar-refractivity contribution in [2.24, 2.45) is 0 Å². The lowest BCUT2D eigenvalue weighted by molar-refractivity contribution is 0.282. The van der Waals surface area contributed by atoms with Crippen molar-refractivity contribution in [3.8, 4) is 22.4 Å². The molecule has 0 atom stereocenters. The van der Waals surface area contributed by atoms with Crippen LogP contribution in [0.25, 0.3) is 33.4 Å². The van der Waals surface area contributed by atoms with Gasteiger partial charge in [-0.05, 0) is 24.6 Å². The van der Waals surface area contributed by atoms with Gasteiger partial charge in [-0.25, -0.2) is 14.6 Å². The smallest absolute Gasteiger partial charge is 0.159 e. The van der Waals surface area contributed by atoms with Gasteiger partial charge in [0.15, 0.2) is 5.65 Å². The molecule has 3 aromatic heterocycles. The number of pyridine rings is 2. The highest BCUT2D eigenvalue weighted by Crippen LogP contribution is 2.37. The summed E-state index contributed by atoms with van der Waals surface area (Å²) in [5, 5.41) is 15.9. The first kappa shape index (κ1) is 16.7. The first-order valence-corrected chi connectivity index (χ1v) is 8.77. The molecule has 26 heavy (non-hydrogen) atoms. The van der Waals surface area contributed by atoms with Gasteiger partial charge in [-0.3, -0.25) is 0 Å². The van der Waals surface area contributed by atoms with Crippen molar-refractivity contribution in [2.75, 3.05) is 0 Å². The summed E-state index contributed by atoms with van der Waals surface area (Å²) in [6.45, 7) is 2.60. The number of hydrogen-bond acceptors (Lipinski definition) is 4. The third-order valence-electron chi connectivity index (χ3n) is 4.41. The third kappa shape index (κ3) is 2.75. The molecule has 0 aliphatic rings. The van der Waals surface area contributed by atoms with Gasteiger partial charge in [0, 0.05) is 34.8 Å². The molecule has 0 fully saturated rings. The van der Waals surface area contributed by atoms with Gasteiger partial charge in [0.25, 0.3) is 0 Å². The molecular formula is C20H17ClN4O. The van der Waals surface area contributed by atoms with E-state index in [1.807, 2.05) is 48.0 Å². The van der Waals surface area contributed by atoms with E-state index in [1.165, 1.54) is 0 Å². The van der Waals surface area contributed by atoms with Gasteiger partial charge in [0.05, 0.1) is 18.5 Å². The van der Waals surface area contributed by atoms with Crippen molar-refractivity contribution in [2.45, 2.75) is 20.1 Å². The number of halogens is 1. The summed E-state index contributed by atoms with van der Waals surface area (Å²) in [7, 11) is 0. The monoisotopic (exact) mass is 364 g/mol. The van der Waals surface area contributed by atoms with Crippen LogP contribution in [0, 0.1) is 0 Å². The van der Waals surface area contributed by atoms with Crippen molar-refractivity contribution in [3.63, 3.8) is 0 Å². The topological polar surface area (TPSA) is 63.8 Å². The van der Waals surface area contributed by atoms with Crippen LogP contribution in [-0.4, -0.2) is 24.9 Å². The first-order chi connectivity index (χ1) is 12.7. The molecule has 0 spiro atoms. The van der Waals surface area contributed by atoms with Crippen LogP contribution in [-0.2, 0) is 13.2 Å². The Labute approximate surface area is 155 Å². The van der Waals surface area contributed by atoms with Crippen molar-refractivity contribution in [1.29, 1.82) is 0 Å². The van der Waals surface area contributed by atoms with E-state index in [1.54, 1.807) is 18.5 Å². The molecule has 0 saturated carbocycles. The summed E-state index contributed by atoms with van der Waals surface area (Å²) in [5.74, 6) is 0. The van der Waals surface area contributed by atoms with Crippen LogP contribution >= 0.6 is 11.6 Å². The van der Waals surface area contributed by atoms with Gasteiger partial charge in [-0.1, -0.05) is 41.9 Å². The van der Waals surface area contributed by atoms with Crippen LogP contribution < -0.4 is 0 Å². The lowest BCUT2D eigenvalue weighted by Crippen LogP contribution is -2.03. The molecular weight excluding hydrogens is 348 g/mol. The van der Waals surface area contributed by atoms with Gasteiger partial charge in [0.1, 0.15) is 5.15 Å². The normalized spacial score (nSPS) is 11.2. The zero-order chi connectivity index (χ0) is 18.1. The minimum atomic E-state index is -0.139. The van der Waals surface area contributed by atoms with Crippen molar-refractivity contribution in [1.82, 2.24) is 19.7 Å². The number of fused-ring (bicyclic) bond motifs is 1. The Balaban J connectivity index is 2.13. The zero-order valence-electron chi connectivity index (χ0n) is 14.2. The van der Waals surface area contributed by atoms with E-state index in [0.717, 1.165) is 39.0 Å². The Hall–Kier alpha value is -2.76. The number of aryl methyl sites for hydroxylation is 1. The summed E-state index contributed by atoms with van der Waals surface area (Å²) in [6.07, 6.45) is 3.46. The number of hydrogen-bond donors (Lipinski definition) is 1. The molecule has 1 N–H and O–H groups in total. The first-order valence-electron chi connectivity index (χ1n) is 8.39. The molecule has 5 nitrogen and oxygen atoms in total. The van der Waals surface area contributed by atoms with Gasteiger partial charge in [-0.2, -0.15) is 5.10 Å². The summed E-state index contributed by atoms with van der Waals surface area (Å²) in [6, 6.07) is 13.5. The van der Waals surface area contributed by atoms with Crippen molar-refractivity contribution < 1.29 is 5.11 Å². The molecule has 3 heterocycles. The average Bonchev–Trinajstić information content (AvgIpc) is 3.09. The van der Waals surface area contributed by atoms with Gasteiger partial charge < -0.3 is 5.11 Å². The van der Waals surface area contributed by atoms with E-state index in [0.29, 0.717) is 11.7 Å². The molecule has 130 valence electrons. The van der Waals surface area contributed by atoms with Crippen molar-refractivity contribution >= 4 is 22.6 Å². The largest absolute Gasteiger partial charge is 0.392 e. The predicted molar refractivity (Wildman–Crippen MR) is 103 cm³/mol. The molecule has 1 aromatic carbocycles. The number of nitrogens with zero attached hydrogens (tertiary/aromatic N) is 4. The number of aliphatic hydroxyl groups is 1. The molecule has 0 aliphatic carbocycles. The maximum absolute atomic E-state index is 10.2. The van der Waals surface area contributed by atoms with Crippen molar-refractivity contribution in [3.05, 3.63) is 65.6 Å². The maximum atomic E-state index is 10.2. The van der Waals surface area contributed by atoms with Gasteiger partial charge in [-0.15, -0.1) is 0 Å². The standard InChI is InChI=1S/C20H17ClN4O/c1-2-25-20-15(11-23-25)18(14-8-9-22-17(21)10-14)16(12-26)19(24-20)13-6-4-3-5-7-13/h3-11,26H,2,12H2,1H3. The number of benzene rings is 1. The zero-order valence-corrected chi connectivity index (χ0v) is 15.0. The third-order valence-corrected chi connectivity index (χ3v) is 4.61. The lowest BCUT2D eigenvalue weighted by Gasteiger charge is -2.15. The summed E-state index contributed by atoms with van der Waals surface area (Å²) < 4.78 is 1.86. The van der Waals surface area contributed by atoms with E-state index in [2.05, 4.69) is 10.1 Å². The number of rotatable bonds is 4. The average molecular weight is 365 g/mol. The molecule has 0 unspecified atom stereocenters. The Morgan fingerprint density at radius 1 is 1.12 bits per heavy atom. The molecule has 6 heteroatoms. The van der Waals surface area contributed by atoms with Crippen LogP contribution in [0.2, 0.25) is 5.15 Å². The second kappa shape index (κ2) is 6.86. The maximum Gasteiger partial charge on any atom is 0.159 e. The summed E-state index contributed by atoms with van der Waals surface area (Å²) >= 11 is 6.12. The van der Waals surface area contributed by atoms with E-state index < -0.39 is 0 Å². The van der Waals surface area contributed by atoms with Gasteiger partial charge >= 0.3 is 0 Å². The fraction of sp³-hybridized carbons (Fsp3) is 0.150. The highest BCUT2D eigenvalue weighted by molar-refractivity contribution is 6.29. The Morgan fingerprint density at radius 2 is 1.92 bits per heavy atom. The molecule has 0 aliphatic heterocycles. The SMILES string of the molecule is CCn1ncc2c(-c3ccnc(Cl)c3)c(CO)c(-c3ccccc3)nc21. The minimum Gasteiger partial charge on any atom is -0.392 e. The van der Waals surface area contributed by atoms with E-state index in [4.69, 9.17) is 16.6 Å². The quantitative estimate of drug-likeness (QED) is 0.547. The highest BCUT2D eigenvalue weighted by Gasteiger charge is 2.20. The highest BCUT2D eigenvalue weighted by atomic mass is 35.5. The Kier molecular flexibility index (Phi) is 4.41. The fourth-order valence-electron chi connectivity index (χ4n) is 3.24. The molecule has 0 amide bonds. The van der Waals surface area contributed by atoms with E-state index in [9.17, 15) is 5.11 Å². The molecule has 0 saturated heterocycles. The van der Waals surface area contributed by atoms with E-state index in [-0.39, 0.29) is 6.61 Å². The van der Waals surface area contributed by atoms with Gasteiger partial charge in [0.2, 0.25) is 0 Å². The number of aliphatic hydroxyl groups excluding tert-OH is 1. The number of aromatic nitrogens is 4. The van der Waals surface area contributed by atoms with E-state index >= 15 is 0 Å². The van der Waals surface area contributed by atoms with Crippen LogP contribution in [0.5, 0.6) is 0 Å². The molecule has 4 aromatic rings. The second-order valence-electron chi connectivity index (χ2n) is 5.90. The molecule has 0 bridgehead atoms. The molecule has 0 radical (unpaired) electrons.